The molecule has 1 aromatic rings. The average molecular weight is 362 g/mol. The highest BCUT2D eigenvalue weighted by Crippen LogP contribution is 2.72. The van der Waals surface area contributed by atoms with Crippen molar-refractivity contribution in [1.82, 2.24) is 0 Å². The van der Waals surface area contributed by atoms with Gasteiger partial charge in [-0.1, -0.05) is 12.2 Å². The Hall–Kier alpha value is -2.19. The minimum absolute atomic E-state index is 0.0391. The fraction of sp³-hybridized carbons (Fsp3) is 0.412. The number of amides is 1. The molecule has 0 saturated heterocycles. The van der Waals surface area contributed by atoms with E-state index < -0.39 is 27.8 Å². The smallest absolute Gasteiger partial charge is 0.307 e. The second kappa shape index (κ2) is 5.15. The molecule has 3 aliphatic rings. The summed E-state index contributed by atoms with van der Waals surface area (Å²) in [6.45, 7) is 0. The number of allylic oxidation sites excluding steroid dienone is 2. The molecule has 8 heteroatoms. The van der Waals surface area contributed by atoms with E-state index in [9.17, 15) is 23.1 Å². The van der Waals surface area contributed by atoms with Gasteiger partial charge in [-0.15, -0.1) is 0 Å². The highest BCUT2D eigenvalue weighted by molar-refractivity contribution is 7.89. The number of nitrogens with one attached hydrogen (secondary N) is 1. The van der Waals surface area contributed by atoms with E-state index in [1.54, 1.807) is 0 Å². The van der Waals surface area contributed by atoms with Gasteiger partial charge in [-0.25, -0.2) is 13.6 Å². The Balaban J connectivity index is 1.57. The normalized spacial score (nSPS) is 31.2. The fourth-order valence-corrected chi connectivity index (χ4v) is 5.16. The Morgan fingerprint density at radius 2 is 1.64 bits per heavy atom. The van der Waals surface area contributed by atoms with Crippen molar-refractivity contribution >= 4 is 27.6 Å². The van der Waals surface area contributed by atoms with Crippen LogP contribution >= 0.6 is 0 Å². The maximum absolute atomic E-state index is 12.8. The summed E-state index contributed by atoms with van der Waals surface area (Å²) in [6, 6.07) is 5.51. The van der Waals surface area contributed by atoms with Crippen LogP contribution in [0.15, 0.2) is 41.3 Å². The maximum atomic E-state index is 12.8. The Morgan fingerprint density at radius 1 is 1.08 bits per heavy atom. The van der Waals surface area contributed by atoms with E-state index in [0.717, 1.165) is 12.8 Å². The van der Waals surface area contributed by atoms with Gasteiger partial charge in [0.1, 0.15) is 0 Å². The zero-order valence-electron chi connectivity index (χ0n) is 13.3. The molecule has 4 unspecified atom stereocenters. The predicted octanol–water partition coefficient (Wildman–Crippen LogP) is 1.19. The van der Waals surface area contributed by atoms with E-state index in [2.05, 4.69) is 5.32 Å². The van der Waals surface area contributed by atoms with Gasteiger partial charge in [0, 0.05) is 5.69 Å². The minimum atomic E-state index is -3.80. The fourth-order valence-electron chi connectivity index (χ4n) is 4.64. The number of hydrogen-bond acceptors (Lipinski definition) is 4. The van der Waals surface area contributed by atoms with E-state index in [-0.39, 0.29) is 28.1 Å². The van der Waals surface area contributed by atoms with Crippen molar-refractivity contribution in [3.8, 4) is 0 Å². The van der Waals surface area contributed by atoms with Crippen LogP contribution in [-0.2, 0) is 19.6 Å². The maximum Gasteiger partial charge on any atom is 0.307 e. The minimum Gasteiger partial charge on any atom is -0.481 e. The molecular formula is C17H18N2O5S. The number of carbonyl (C=O) groups is 2. The van der Waals surface area contributed by atoms with Crippen LogP contribution in [0.2, 0.25) is 0 Å². The van der Waals surface area contributed by atoms with Crippen molar-refractivity contribution < 1.29 is 23.1 Å². The van der Waals surface area contributed by atoms with Crippen molar-refractivity contribution in [2.24, 2.45) is 34.2 Å². The molecule has 0 radical (unpaired) electrons. The number of carboxylic acids is 1. The lowest BCUT2D eigenvalue weighted by molar-refractivity contribution is -0.146. The number of nitrogens with two attached hydrogens (primary N) is 1. The number of hydrogen-bond donors (Lipinski definition) is 3. The van der Waals surface area contributed by atoms with Gasteiger partial charge in [0.25, 0.3) is 0 Å². The number of aliphatic carboxylic acids is 1. The summed E-state index contributed by atoms with van der Waals surface area (Å²) in [6.07, 6.45) is 5.88. The van der Waals surface area contributed by atoms with Crippen LogP contribution < -0.4 is 10.5 Å². The summed E-state index contributed by atoms with van der Waals surface area (Å²) < 4.78 is 22.6. The second-order valence-electron chi connectivity index (χ2n) is 7.12. The average Bonchev–Trinajstić information content (AvgIpc) is 3.20. The molecule has 2 bridgehead atoms. The van der Waals surface area contributed by atoms with Crippen LogP contribution in [0, 0.1) is 29.1 Å². The number of rotatable bonds is 4. The third-order valence-electron chi connectivity index (χ3n) is 5.88. The molecule has 0 aromatic heterocycles. The number of carbonyl (C=O) groups excluding carboxylic acids is 1. The van der Waals surface area contributed by atoms with Gasteiger partial charge in [0.05, 0.1) is 16.7 Å². The van der Waals surface area contributed by atoms with E-state index in [0.29, 0.717) is 5.69 Å². The molecule has 4 rings (SSSR count). The molecule has 4 N–H and O–H groups in total. The summed E-state index contributed by atoms with van der Waals surface area (Å²) in [5.74, 6) is -2.70. The van der Waals surface area contributed by atoms with Gasteiger partial charge in [0.2, 0.25) is 15.9 Å². The molecule has 2 saturated carbocycles. The molecule has 0 aliphatic heterocycles. The van der Waals surface area contributed by atoms with E-state index in [4.69, 9.17) is 5.14 Å². The highest BCUT2D eigenvalue weighted by atomic mass is 32.2. The van der Waals surface area contributed by atoms with Gasteiger partial charge < -0.3 is 10.4 Å². The molecule has 25 heavy (non-hydrogen) atoms. The Labute approximate surface area is 145 Å². The summed E-state index contributed by atoms with van der Waals surface area (Å²) in [4.78, 5) is 24.5. The van der Waals surface area contributed by atoms with Crippen LogP contribution in [0.4, 0.5) is 5.69 Å². The van der Waals surface area contributed by atoms with E-state index in [1.165, 1.54) is 24.3 Å². The zero-order chi connectivity index (χ0) is 18.0. The van der Waals surface area contributed by atoms with Crippen LogP contribution in [0.25, 0.3) is 0 Å². The van der Waals surface area contributed by atoms with Gasteiger partial charge in [-0.2, -0.15) is 0 Å². The lowest BCUT2D eigenvalue weighted by atomic mass is 9.82. The van der Waals surface area contributed by atoms with Crippen LogP contribution in [-0.4, -0.2) is 25.4 Å². The summed E-state index contributed by atoms with van der Waals surface area (Å²) in [5, 5.41) is 17.4. The van der Waals surface area contributed by atoms with E-state index >= 15 is 0 Å². The number of anilines is 1. The van der Waals surface area contributed by atoms with Gasteiger partial charge in [-0.3, -0.25) is 9.59 Å². The standard InChI is InChI=1S/C17H18N2O5S/c18-25(23,24)10-3-1-9(2-4-10)19-15(20)13-11-5-6-12(14(13)16(21)22)17(11)7-8-17/h1-6,11-14H,7-8H2,(H,19,20)(H,21,22)(H2,18,23,24). The van der Waals surface area contributed by atoms with Gasteiger partial charge in [-0.05, 0) is 54.4 Å². The van der Waals surface area contributed by atoms with Crippen LogP contribution in [0.1, 0.15) is 12.8 Å². The van der Waals surface area contributed by atoms with Crippen LogP contribution in [0.5, 0.6) is 0 Å². The number of sulfonamides is 1. The molecule has 1 aromatic carbocycles. The monoisotopic (exact) mass is 362 g/mol. The summed E-state index contributed by atoms with van der Waals surface area (Å²) in [7, 11) is -3.80. The molecule has 1 spiro atoms. The predicted molar refractivity (Wildman–Crippen MR) is 88.8 cm³/mol. The van der Waals surface area contributed by atoms with Crippen molar-refractivity contribution in [3.05, 3.63) is 36.4 Å². The lowest BCUT2D eigenvalue weighted by Crippen LogP contribution is -2.36. The van der Waals surface area contributed by atoms with Crippen molar-refractivity contribution in [2.45, 2.75) is 17.7 Å². The Bertz CT molecular complexity index is 886. The SMILES string of the molecule is NS(=O)(=O)c1ccc(NC(=O)C2C(C(=O)O)C3C=CC2C32CC2)cc1. The number of carboxylic acid groups (broad SMARTS) is 1. The van der Waals surface area contributed by atoms with Gasteiger partial charge >= 0.3 is 5.97 Å². The Kier molecular flexibility index (Phi) is 3.36. The first-order valence-electron chi connectivity index (χ1n) is 8.09. The third-order valence-corrected chi connectivity index (χ3v) is 6.81. The Morgan fingerprint density at radius 3 is 2.12 bits per heavy atom. The molecule has 132 valence electrons. The molecule has 0 heterocycles. The lowest BCUT2D eigenvalue weighted by Gasteiger charge is -2.23. The largest absolute Gasteiger partial charge is 0.481 e. The first-order valence-corrected chi connectivity index (χ1v) is 9.63. The second-order valence-corrected chi connectivity index (χ2v) is 8.68. The van der Waals surface area contributed by atoms with Crippen LogP contribution in [0.3, 0.4) is 0 Å². The zero-order valence-corrected chi connectivity index (χ0v) is 14.1. The molecule has 7 nitrogen and oxygen atoms in total. The topological polar surface area (TPSA) is 127 Å². The molecule has 3 aliphatic carbocycles. The molecule has 1 amide bonds. The molecule has 2 fully saturated rings. The quantitative estimate of drug-likeness (QED) is 0.693. The van der Waals surface area contributed by atoms with Crippen molar-refractivity contribution in [2.75, 3.05) is 5.32 Å². The summed E-state index contributed by atoms with van der Waals surface area (Å²) >= 11 is 0. The number of benzene rings is 1. The van der Waals surface area contributed by atoms with Crippen molar-refractivity contribution in [1.29, 1.82) is 0 Å². The highest BCUT2D eigenvalue weighted by Gasteiger charge is 2.70. The first kappa shape index (κ1) is 16.3. The van der Waals surface area contributed by atoms with E-state index in [1.807, 2.05) is 12.2 Å². The first-order chi connectivity index (χ1) is 11.7. The van der Waals surface area contributed by atoms with Crippen molar-refractivity contribution in [3.63, 3.8) is 0 Å². The van der Waals surface area contributed by atoms with Gasteiger partial charge in [0.15, 0.2) is 0 Å². The molecule has 4 atom stereocenters. The molecular weight excluding hydrogens is 344 g/mol. The summed E-state index contributed by atoms with van der Waals surface area (Å²) in [5.41, 5.74) is 0.376. The third kappa shape index (κ3) is 2.39. The number of primary sulfonamides is 1.